The molecule has 0 aromatic heterocycles. The lowest BCUT2D eigenvalue weighted by atomic mass is 9.84. The summed E-state index contributed by atoms with van der Waals surface area (Å²) in [7, 11) is 0. The van der Waals surface area contributed by atoms with E-state index in [4.69, 9.17) is 5.73 Å². The first-order valence-electron chi connectivity index (χ1n) is 6.69. The fraction of sp³-hybridized carbons (Fsp3) is 0.846. The summed E-state index contributed by atoms with van der Waals surface area (Å²) in [4.78, 5) is 23.4. The first-order chi connectivity index (χ1) is 8.36. The van der Waals surface area contributed by atoms with Crippen molar-refractivity contribution in [3.05, 3.63) is 0 Å². The lowest BCUT2D eigenvalue weighted by molar-refractivity contribution is -0.145. The van der Waals surface area contributed by atoms with Gasteiger partial charge >= 0.3 is 5.97 Å². The summed E-state index contributed by atoms with van der Waals surface area (Å²) in [6.07, 6.45) is 3.46. The van der Waals surface area contributed by atoms with Gasteiger partial charge in [-0.1, -0.05) is 6.92 Å². The molecule has 0 aromatic rings. The van der Waals surface area contributed by atoms with Crippen LogP contribution in [0.4, 0.5) is 0 Å². The number of carboxylic acid groups (broad SMARTS) is 1. The van der Waals surface area contributed by atoms with Gasteiger partial charge in [0.15, 0.2) is 0 Å². The third kappa shape index (κ3) is 2.11. The van der Waals surface area contributed by atoms with Crippen LogP contribution in [0.15, 0.2) is 0 Å². The van der Waals surface area contributed by atoms with E-state index in [1.165, 1.54) is 0 Å². The van der Waals surface area contributed by atoms with Gasteiger partial charge in [-0.2, -0.15) is 0 Å². The highest BCUT2D eigenvalue weighted by molar-refractivity contribution is 5.86. The van der Waals surface area contributed by atoms with Crippen LogP contribution in [-0.2, 0) is 9.59 Å². The van der Waals surface area contributed by atoms with Gasteiger partial charge in [-0.3, -0.25) is 9.59 Å². The molecule has 0 saturated heterocycles. The van der Waals surface area contributed by atoms with Gasteiger partial charge in [0.1, 0.15) is 0 Å². The number of fused-ring (bicyclic) bond motifs is 2. The van der Waals surface area contributed by atoms with Crippen LogP contribution < -0.4 is 11.1 Å². The number of carboxylic acids is 1. The first-order valence-corrected chi connectivity index (χ1v) is 6.69. The van der Waals surface area contributed by atoms with Crippen LogP contribution in [0.25, 0.3) is 0 Å². The van der Waals surface area contributed by atoms with Crippen molar-refractivity contribution in [2.24, 2.45) is 23.5 Å². The summed E-state index contributed by atoms with van der Waals surface area (Å²) in [5.74, 6) is -0.909. The second-order valence-corrected chi connectivity index (χ2v) is 5.97. The molecule has 2 fully saturated rings. The number of carbonyl (C=O) groups excluding carboxylic acids is 1. The zero-order valence-corrected chi connectivity index (χ0v) is 11.0. The van der Waals surface area contributed by atoms with Crippen molar-refractivity contribution in [3.63, 3.8) is 0 Å². The van der Waals surface area contributed by atoms with E-state index >= 15 is 0 Å². The number of carbonyl (C=O) groups is 2. The standard InChI is InChI=1S/C13H22N2O3/c1-3-13(2,14)12(18)15-10-8-5-4-7(6-8)9(10)11(16)17/h7-10H,3-6,14H2,1-2H3,(H,15,18)(H,16,17). The molecular weight excluding hydrogens is 232 g/mol. The van der Waals surface area contributed by atoms with E-state index in [0.717, 1.165) is 19.3 Å². The summed E-state index contributed by atoms with van der Waals surface area (Å²) in [5.41, 5.74) is 4.99. The minimum Gasteiger partial charge on any atom is -0.481 e. The molecule has 18 heavy (non-hydrogen) atoms. The quantitative estimate of drug-likeness (QED) is 0.689. The van der Waals surface area contributed by atoms with Gasteiger partial charge in [0, 0.05) is 6.04 Å². The molecule has 5 nitrogen and oxygen atoms in total. The average molecular weight is 254 g/mol. The van der Waals surface area contributed by atoms with Crippen LogP contribution in [0.2, 0.25) is 0 Å². The largest absolute Gasteiger partial charge is 0.481 e. The summed E-state index contributed by atoms with van der Waals surface area (Å²) < 4.78 is 0. The Morgan fingerprint density at radius 2 is 2.00 bits per heavy atom. The normalized spacial score (nSPS) is 37.3. The lowest BCUT2D eigenvalue weighted by Gasteiger charge is -2.32. The van der Waals surface area contributed by atoms with Gasteiger partial charge < -0.3 is 16.2 Å². The maximum absolute atomic E-state index is 12.1. The Bertz CT molecular complexity index is 367. The number of rotatable bonds is 4. The molecule has 0 spiro atoms. The molecule has 2 aliphatic rings. The number of nitrogens with one attached hydrogen (secondary N) is 1. The maximum Gasteiger partial charge on any atom is 0.308 e. The molecular formula is C13H22N2O3. The van der Waals surface area contributed by atoms with Gasteiger partial charge in [0.2, 0.25) is 5.91 Å². The molecule has 2 rings (SSSR count). The van der Waals surface area contributed by atoms with Crippen LogP contribution in [0.1, 0.15) is 39.5 Å². The Morgan fingerprint density at radius 3 is 2.56 bits per heavy atom. The van der Waals surface area contributed by atoms with Crippen LogP contribution in [0, 0.1) is 17.8 Å². The van der Waals surface area contributed by atoms with E-state index in [0.29, 0.717) is 12.3 Å². The van der Waals surface area contributed by atoms with Crippen molar-refractivity contribution in [2.75, 3.05) is 0 Å². The van der Waals surface area contributed by atoms with E-state index in [1.54, 1.807) is 6.92 Å². The van der Waals surface area contributed by atoms with E-state index in [9.17, 15) is 14.7 Å². The molecule has 1 amide bonds. The Kier molecular flexibility index (Phi) is 3.36. The minimum atomic E-state index is -0.912. The van der Waals surface area contributed by atoms with E-state index in [2.05, 4.69) is 5.32 Å². The average Bonchev–Trinajstić information content (AvgIpc) is 2.88. The topological polar surface area (TPSA) is 92.4 Å². The summed E-state index contributed by atoms with van der Waals surface area (Å²) in [6.45, 7) is 3.54. The maximum atomic E-state index is 12.1. The molecule has 0 radical (unpaired) electrons. The highest BCUT2D eigenvalue weighted by Crippen LogP contribution is 2.48. The molecule has 5 atom stereocenters. The lowest BCUT2D eigenvalue weighted by Crippen LogP contribution is -2.57. The second-order valence-electron chi connectivity index (χ2n) is 5.97. The van der Waals surface area contributed by atoms with Gasteiger partial charge in [0.05, 0.1) is 11.5 Å². The van der Waals surface area contributed by atoms with Crippen LogP contribution in [-0.4, -0.2) is 28.6 Å². The number of aliphatic carboxylic acids is 1. The Balaban J connectivity index is 2.09. The molecule has 0 aliphatic heterocycles. The third-order valence-electron chi connectivity index (χ3n) is 4.75. The zero-order valence-electron chi connectivity index (χ0n) is 11.0. The fourth-order valence-corrected chi connectivity index (χ4v) is 3.33. The summed E-state index contributed by atoms with van der Waals surface area (Å²) in [6, 6.07) is -0.233. The fourth-order valence-electron chi connectivity index (χ4n) is 3.33. The van der Waals surface area contributed by atoms with Crippen molar-refractivity contribution in [3.8, 4) is 0 Å². The van der Waals surface area contributed by atoms with Gasteiger partial charge in [-0.25, -0.2) is 0 Å². The Labute approximate surface area is 107 Å². The molecule has 5 heteroatoms. The van der Waals surface area contributed by atoms with Gasteiger partial charge in [-0.05, 0) is 44.4 Å². The molecule has 5 unspecified atom stereocenters. The second kappa shape index (κ2) is 4.53. The van der Waals surface area contributed by atoms with E-state index in [1.807, 2.05) is 6.92 Å². The predicted molar refractivity (Wildman–Crippen MR) is 66.8 cm³/mol. The molecule has 2 aliphatic carbocycles. The monoisotopic (exact) mass is 254 g/mol. The van der Waals surface area contributed by atoms with Gasteiger partial charge in [0.25, 0.3) is 0 Å². The van der Waals surface area contributed by atoms with Crippen molar-refractivity contribution >= 4 is 11.9 Å². The number of hydrogen-bond donors (Lipinski definition) is 3. The van der Waals surface area contributed by atoms with Crippen molar-refractivity contribution in [1.82, 2.24) is 5.32 Å². The van der Waals surface area contributed by atoms with Crippen LogP contribution >= 0.6 is 0 Å². The highest BCUT2D eigenvalue weighted by atomic mass is 16.4. The first kappa shape index (κ1) is 13.3. The number of amides is 1. The molecule has 0 aromatic carbocycles. The minimum absolute atomic E-state index is 0.225. The van der Waals surface area contributed by atoms with Crippen molar-refractivity contribution in [2.45, 2.75) is 51.1 Å². The number of hydrogen-bond acceptors (Lipinski definition) is 3. The zero-order chi connectivity index (χ0) is 13.5. The Hall–Kier alpha value is -1.10. The van der Waals surface area contributed by atoms with E-state index in [-0.39, 0.29) is 17.9 Å². The smallest absolute Gasteiger partial charge is 0.308 e. The molecule has 2 bridgehead atoms. The van der Waals surface area contributed by atoms with Crippen LogP contribution in [0.3, 0.4) is 0 Å². The van der Waals surface area contributed by atoms with Gasteiger partial charge in [-0.15, -0.1) is 0 Å². The molecule has 0 heterocycles. The Morgan fingerprint density at radius 1 is 1.39 bits per heavy atom. The van der Waals surface area contributed by atoms with Crippen molar-refractivity contribution in [1.29, 1.82) is 0 Å². The molecule has 4 N–H and O–H groups in total. The predicted octanol–water partition coefficient (Wildman–Crippen LogP) is 0.729. The van der Waals surface area contributed by atoms with Crippen LogP contribution in [0.5, 0.6) is 0 Å². The summed E-state index contributed by atoms with van der Waals surface area (Å²) >= 11 is 0. The third-order valence-corrected chi connectivity index (χ3v) is 4.75. The van der Waals surface area contributed by atoms with E-state index < -0.39 is 17.4 Å². The molecule has 2 saturated carbocycles. The molecule has 102 valence electrons. The SMILES string of the molecule is CCC(C)(N)C(=O)NC1C2CCC(C2)C1C(=O)O. The van der Waals surface area contributed by atoms with Crippen molar-refractivity contribution < 1.29 is 14.7 Å². The summed E-state index contributed by atoms with van der Waals surface area (Å²) in [5, 5.41) is 12.2. The highest BCUT2D eigenvalue weighted by Gasteiger charge is 2.52. The number of nitrogens with two attached hydrogens (primary N) is 1.